The van der Waals surface area contributed by atoms with E-state index in [1.165, 1.54) is 43.2 Å². The second-order valence-electron chi connectivity index (χ2n) is 11.7. The number of aryl methyl sites for hydroxylation is 2. The topological polar surface area (TPSA) is 139 Å². The predicted molar refractivity (Wildman–Crippen MR) is 176 cm³/mol. The first kappa shape index (κ1) is 34.4. The van der Waals surface area contributed by atoms with Gasteiger partial charge in [0, 0.05) is 24.2 Å². The molecule has 0 radical (unpaired) electrons. The number of hydrogen-bond donors (Lipinski definition) is 1. The van der Waals surface area contributed by atoms with Gasteiger partial charge in [-0.2, -0.15) is 0 Å². The zero-order chi connectivity index (χ0) is 33.4. The maximum Gasteiger partial charge on any atom is 0.273 e. The Morgan fingerprint density at radius 1 is 1.02 bits per heavy atom. The first-order chi connectivity index (χ1) is 21.9. The standard InChI is InChI=1S/C34H42N4O7S/c1-5-31(34(40)35-27-12-7-6-8-13-27)36(22-26-11-9-10-24(2)20-26)33(39)23-37(28-15-17-29(45-4)18-16-28)46(43,44)30-19-14-25(3)32(21-30)38(41)42/h9-11,14-21,27,31H,5-8,12-13,22-23H2,1-4H3,(H,35,40). The van der Waals surface area contributed by atoms with Gasteiger partial charge in [0.2, 0.25) is 11.8 Å². The smallest absolute Gasteiger partial charge is 0.273 e. The molecule has 2 amide bonds. The number of nitrogens with zero attached hydrogens (tertiary/aromatic N) is 3. The van der Waals surface area contributed by atoms with E-state index in [0.29, 0.717) is 17.7 Å². The van der Waals surface area contributed by atoms with Crippen molar-refractivity contribution >= 4 is 33.2 Å². The second-order valence-corrected chi connectivity index (χ2v) is 13.6. The molecule has 1 fully saturated rings. The average Bonchev–Trinajstić information content (AvgIpc) is 3.04. The van der Waals surface area contributed by atoms with E-state index in [1.807, 2.05) is 38.1 Å². The van der Waals surface area contributed by atoms with E-state index in [2.05, 4.69) is 5.32 Å². The van der Waals surface area contributed by atoms with Crippen LogP contribution in [0.2, 0.25) is 0 Å². The number of anilines is 1. The largest absolute Gasteiger partial charge is 0.497 e. The summed E-state index contributed by atoms with van der Waals surface area (Å²) in [7, 11) is -3.01. The third kappa shape index (κ3) is 8.22. The van der Waals surface area contributed by atoms with Crippen LogP contribution in [0.25, 0.3) is 0 Å². The number of ether oxygens (including phenoxy) is 1. The van der Waals surface area contributed by atoms with Gasteiger partial charge >= 0.3 is 0 Å². The molecular formula is C34H42N4O7S. The van der Waals surface area contributed by atoms with E-state index in [4.69, 9.17) is 4.74 Å². The highest BCUT2D eigenvalue weighted by atomic mass is 32.2. The van der Waals surface area contributed by atoms with Crippen LogP contribution in [0.1, 0.15) is 62.1 Å². The third-order valence-corrected chi connectivity index (χ3v) is 10.1. The minimum absolute atomic E-state index is 0.0275. The number of sulfonamides is 1. The SMILES string of the molecule is CCC(C(=O)NC1CCCCC1)N(Cc1cccc(C)c1)C(=O)CN(c1ccc(OC)cc1)S(=O)(=O)c1ccc(C)c([N+](=O)[O-])c1. The number of hydrogen-bond acceptors (Lipinski definition) is 7. The van der Waals surface area contributed by atoms with Gasteiger partial charge in [0.1, 0.15) is 18.3 Å². The van der Waals surface area contributed by atoms with Crippen molar-refractivity contribution in [3.63, 3.8) is 0 Å². The van der Waals surface area contributed by atoms with Crippen LogP contribution in [0.4, 0.5) is 11.4 Å². The summed E-state index contributed by atoms with van der Waals surface area (Å²) in [5.74, 6) is -0.388. The first-order valence-electron chi connectivity index (χ1n) is 15.5. The molecule has 0 aliphatic heterocycles. The lowest BCUT2D eigenvalue weighted by Crippen LogP contribution is -2.54. The highest BCUT2D eigenvalue weighted by Gasteiger charge is 2.35. The molecule has 11 nitrogen and oxygen atoms in total. The van der Waals surface area contributed by atoms with Crippen LogP contribution in [-0.4, -0.2) is 55.8 Å². The molecule has 1 aliphatic carbocycles. The first-order valence-corrected chi connectivity index (χ1v) is 17.0. The van der Waals surface area contributed by atoms with E-state index >= 15 is 0 Å². The maximum atomic E-state index is 14.4. The van der Waals surface area contributed by atoms with Crippen LogP contribution >= 0.6 is 0 Å². The summed E-state index contributed by atoms with van der Waals surface area (Å²) in [5.41, 5.74) is 1.88. The van der Waals surface area contributed by atoms with Crippen molar-refractivity contribution in [2.24, 2.45) is 0 Å². The third-order valence-electron chi connectivity index (χ3n) is 8.38. The predicted octanol–water partition coefficient (Wildman–Crippen LogP) is 5.67. The van der Waals surface area contributed by atoms with Gasteiger partial charge in [0.05, 0.1) is 22.6 Å². The molecule has 3 aromatic carbocycles. The molecule has 46 heavy (non-hydrogen) atoms. The molecule has 12 heteroatoms. The number of nitro benzene ring substituents is 1. The Kier molecular flexibility index (Phi) is 11.4. The van der Waals surface area contributed by atoms with Crippen LogP contribution in [-0.2, 0) is 26.2 Å². The van der Waals surface area contributed by atoms with Gasteiger partial charge in [-0.3, -0.25) is 24.0 Å². The fraction of sp³-hybridized carbons (Fsp3) is 0.412. The summed E-state index contributed by atoms with van der Waals surface area (Å²) in [6.45, 7) is 4.72. The fourth-order valence-corrected chi connectivity index (χ4v) is 7.26. The van der Waals surface area contributed by atoms with Crippen LogP contribution in [0, 0.1) is 24.0 Å². The van der Waals surface area contributed by atoms with Crippen molar-refractivity contribution in [1.29, 1.82) is 0 Å². The zero-order valence-electron chi connectivity index (χ0n) is 26.8. The molecule has 0 spiro atoms. The second kappa shape index (κ2) is 15.2. The van der Waals surface area contributed by atoms with E-state index in [9.17, 15) is 28.1 Å². The van der Waals surface area contributed by atoms with Crippen LogP contribution < -0.4 is 14.4 Å². The Bertz CT molecular complexity index is 1650. The Morgan fingerprint density at radius 3 is 2.33 bits per heavy atom. The number of carbonyl (C=O) groups excluding carboxylic acids is 2. The molecule has 1 saturated carbocycles. The lowest BCUT2D eigenvalue weighted by molar-refractivity contribution is -0.385. The summed E-state index contributed by atoms with van der Waals surface area (Å²) >= 11 is 0. The summed E-state index contributed by atoms with van der Waals surface area (Å²) in [4.78, 5) is 40.2. The minimum atomic E-state index is -4.49. The zero-order valence-corrected chi connectivity index (χ0v) is 27.6. The molecule has 0 aromatic heterocycles. The minimum Gasteiger partial charge on any atom is -0.497 e. The Labute approximate surface area is 270 Å². The monoisotopic (exact) mass is 650 g/mol. The number of amides is 2. The number of benzene rings is 3. The molecule has 1 unspecified atom stereocenters. The fourth-order valence-electron chi connectivity index (χ4n) is 5.82. The molecule has 3 aromatic rings. The molecule has 0 saturated heterocycles. The maximum absolute atomic E-state index is 14.4. The molecule has 1 atom stereocenters. The summed E-state index contributed by atoms with van der Waals surface area (Å²) in [5, 5.41) is 14.8. The summed E-state index contributed by atoms with van der Waals surface area (Å²) in [6.07, 6.45) is 5.25. The summed E-state index contributed by atoms with van der Waals surface area (Å²) < 4.78 is 34.6. The lowest BCUT2D eigenvalue weighted by atomic mass is 9.95. The Morgan fingerprint density at radius 2 is 1.72 bits per heavy atom. The van der Waals surface area contributed by atoms with E-state index < -0.39 is 33.4 Å². The average molecular weight is 651 g/mol. The molecule has 0 heterocycles. The van der Waals surface area contributed by atoms with Gasteiger partial charge in [-0.05, 0) is 69.0 Å². The molecule has 4 rings (SSSR count). The quantitative estimate of drug-likeness (QED) is 0.186. The molecular weight excluding hydrogens is 608 g/mol. The number of rotatable bonds is 13. The van der Waals surface area contributed by atoms with Gasteiger partial charge in [-0.25, -0.2) is 8.42 Å². The molecule has 246 valence electrons. The van der Waals surface area contributed by atoms with Gasteiger partial charge in [-0.15, -0.1) is 0 Å². The normalized spacial score (nSPS) is 14.3. The number of nitrogens with one attached hydrogen (secondary N) is 1. The number of nitro groups is 1. The van der Waals surface area contributed by atoms with Crippen molar-refractivity contribution in [3.05, 3.63) is 93.5 Å². The van der Waals surface area contributed by atoms with Crippen LogP contribution in [0.5, 0.6) is 5.75 Å². The summed E-state index contributed by atoms with van der Waals surface area (Å²) in [6, 6.07) is 16.6. The van der Waals surface area contributed by atoms with Gasteiger partial charge in [0.15, 0.2) is 0 Å². The number of methoxy groups -OCH3 is 1. The van der Waals surface area contributed by atoms with E-state index in [0.717, 1.165) is 53.6 Å². The van der Waals surface area contributed by atoms with Crippen LogP contribution in [0.15, 0.2) is 71.6 Å². The Hall–Kier alpha value is -4.45. The van der Waals surface area contributed by atoms with Crippen molar-refractivity contribution < 1.29 is 27.7 Å². The van der Waals surface area contributed by atoms with Crippen molar-refractivity contribution in [1.82, 2.24) is 10.2 Å². The lowest BCUT2D eigenvalue weighted by Gasteiger charge is -2.34. The molecule has 1 N–H and O–H groups in total. The van der Waals surface area contributed by atoms with Crippen molar-refractivity contribution in [2.45, 2.75) is 82.8 Å². The van der Waals surface area contributed by atoms with E-state index in [-0.39, 0.29) is 34.8 Å². The van der Waals surface area contributed by atoms with E-state index in [1.54, 1.807) is 12.1 Å². The number of carbonyl (C=O) groups is 2. The van der Waals surface area contributed by atoms with Crippen molar-refractivity contribution in [3.8, 4) is 5.75 Å². The highest BCUT2D eigenvalue weighted by Crippen LogP contribution is 2.30. The molecule has 0 bridgehead atoms. The van der Waals surface area contributed by atoms with Gasteiger partial charge in [-0.1, -0.05) is 62.1 Å². The van der Waals surface area contributed by atoms with Crippen molar-refractivity contribution in [2.75, 3.05) is 18.0 Å². The highest BCUT2D eigenvalue weighted by molar-refractivity contribution is 7.92. The van der Waals surface area contributed by atoms with Gasteiger partial charge < -0.3 is 15.0 Å². The van der Waals surface area contributed by atoms with Gasteiger partial charge in [0.25, 0.3) is 15.7 Å². The Balaban J connectivity index is 1.75. The molecule has 1 aliphatic rings. The van der Waals surface area contributed by atoms with Crippen LogP contribution in [0.3, 0.4) is 0 Å².